The number of nitrogens with one attached hydrogen (secondary N) is 1. The Morgan fingerprint density at radius 3 is 2.67 bits per heavy atom. The van der Waals surface area contributed by atoms with Gasteiger partial charge in [0.25, 0.3) is 0 Å². The minimum atomic E-state index is 0.174. The van der Waals surface area contributed by atoms with Crippen molar-refractivity contribution < 1.29 is 0 Å². The smallest absolute Gasteiger partial charge is 0.0753 e. The van der Waals surface area contributed by atoms with Crippen molar-refractivity contribution in [2.75, 3.05) is 0 Å². The van der Waals surface area contributed by atoms with Crippen molar-refractivity contribution in [3.05, 3.63) is 58.6 Å². The van der Waals surface area contributed by atoms with Gasteiger partial charge in [0.1, 0.15) is 0 Å². The van der Waals surface area contributed by atoms with E-state index in [1.807, 2.05) is 12.1 Å². The third-order valence-corrected chi connectivity index (χ3v) is 3.37. The van der Waals surface area contributed by atoms with Crippen LogP contribution in [0.15, 0.2) is 47.3 Å². The quantitative estimate of drug-likeness (QED) is 0.937. The summed E-state index contributed by atoms with van der Waals surface area (Å²) in [5.74, 6) is 0. The van der Waals surface area contributed by atoms with E-state index < -0.39 is 0 Å². The maximum atomic E-state index is 4.31. The van der Waals surface area contributed by atoms with E-state index in [2.05, 4.69) is 57.2 Å². The molecule has 3 nitrogen and oxygen atoms in total. The molecule has 0 saturated heterocycles. The van der Waals surface area contributed by atoms with Gasteiger partial charge in [-0.25, -0.2) is 0 Å². The van der Waals surface area contributed by atoms with E-state index in [1.165, 1.54) is 5.56 Å². The van der Waals surface area contributed by atoms with E-state index in [0.29, 0.717) is 0 Å². The third-order valence-electron chi connectivity index (χ3n) is 2.88. The van der Waals surface area contributed by atoms with E-state index in [-0.39, 0.29) is 12.1 Å². The lowest BCUT2D eigenvalue weighted by atomic mass is 10.1. The second-order valence-corrected chi connectivity index (χ2v) is 5.21. The van der Waals surface area contributed by atoms with Crippen molar-refractivity contribution in [3.8, 4) is 0 Å². The Labute approximate surface area is 116 Å². The molecule has 18 heavy (non-hydrogen) atoms. The number of halogens is 1. The molecule has 0 saturated carbocycles. The molecule has 1 heterocycles. The molecule has 0 aliphatic carbocycles. The fraction of sp³-hybridized carbons (Fsp3) is 0.286. The van der Waals surface area contributed by atoms with Crippen LogP contribution in [0.1, 0.15) is 37.2 Å². The van der Waals surface area contributed by atoms with E-state index in [4.69, 9.17) is 0 Å². The average Bonchev–Trinajstić information content (AvgIpc) is 2.39. The molecule has 0 amide bonds. The molecule has 0 aliphatic heterocycles. The van der Waals surface area contributed by atoms with Crippen LogP contribution in [-0.2, 0) is 0 Å². The number of hydrogen-bond donors (Lipinski definition) is 1. The van der Waals surface area contributed by atoms with Gasteiger partial charge in [0.2, 0.25) is 0 Å². The number of aromatic nitrogens is 2. The third kappa shape index (κ3) is 3.37. The number of rotatable bonds is 4. The maximum absolute atomic E-state index is 4.31. The van der Waals surface area contributed by atoms with Gasteiger partial charge in [-0.3, -0.25) is 9.97 Å². The summed E-state index contributed by atoms with van der Waals surface area (Å²) in [4.78, 5) is 8.40. The lowest BCUT2D eigenvalue weighted by molar-refractivity contribution is 0.485. The molecule has 0 spiro atoms. The van der Waals surface area contributed by atoms with Crippen LogP contribution in [0.25, 0.3) is 0 Å². The molecule has 0 radical (unpaired) electrons. The summed E-state index contributed by atoms with van der Waals surface area (Å²) >= 11 is 3.49. The lowest BCUT2D eigenvalue weighted by Crippen LogP contribution is -2.23. The topological polar surface area (TPSA) is 37.8 Å². The Morgan fingerprint density at radius 2 is 2.00 bits per heavy atom. The van der Waals surface area contributed by atoms with Crippen molar-refractivity contribution in [3.63, 3.8) is 0 Å². The SMILES string of the molecule is CC(NC(C)c1cnccn1)c1cccc(Br)c1. The summed E-state index contributed by atoms with van der Waals surface area (Å²) in [7, 11) is 0. The highest BCUT2D eigenvalue weighted by Gasteiger charge is 2.12. The molecular formula is C14H16BrN3. The maximum Gasteiger partial charge on any atom is 0.0753 e. The molecule has 1 N–H and O–H groups in total. The highest BCUT2D eigenvalue weighted by molar-refractivity contribution is 9.10. The Bertz CT molecular complexity index is 501. The first kappa shape index (κ1) is 13.2. The van der Waals surface area contributed by atoms with Crippen molar-refractivity contribution in [2.45, 2.75) is 25.9 Å². The van der Waals surface area contributed by atoms with Crippen LogP contribution in [0.5, 0.6) is 0 Å². The average molecular weight is 306 g/mol. The first-order valence-electron chi connectivity index (χ1n) is 5.94. The van der Waals surface area contributed by atoms with Gasteiger partial charge >= 0.3 is 0 Å². The Kier molecular flexibility index (Phi) is 4.44. The minimum Gasteiger partial charge on any atom is -0.302 e. The van der Waals surface area contributed by atoms with E-state index in [0.717, 1.165) is 10.2 Å². The van der Waals surface area contributed by atoms with E-state index in [9.17, 15) is 0 Å². The normalized spacial score (nSPS) is 14.2. The predicted molar refractivity (Wildman–Crippen MR) is 76.1 cm³/mol. The van der Waals surface area contributed by atoms with Crippen LogP contribution in [0.2, 0.25) is 0 Å². The van der Waals surface area contributed by atoms with Crippen molar-refractivity contribution >= 4 is 15.9 Å². The van der Waals surface area contributed by atoms with Crippen molar-refractivity contribution in [1.29, 1.82) is 0 Å². The molecular weight excluding hydrogens is 290 g/mol. The van der Waals surface area contributed by atoms with Crippen LogP contribution >= 0.6 is 15.9 Å². The van der Waals surface area contributed by atoms with Gasteiger partial charge in [0.15, 0.2) is 0 Å². The summed E-state index contributed by atoms with van der Waals surface area (Å²) in [6.07, 6.45) is 5.20. The van der Waals surface area contributed by atoms with Gasteiger partial charge in [0.05, 0.1) is 5.69 Å². The first-order valence-corrected chi connectivity index (χ1v) is 6.73. The van der Waals surface area contributed by atoms with Crippen LogP contribution in [0.4, 0.5) is 0 Å². The minimum absolute atomic E-state index is 0.174. The number of hydrogen-bond acceptors (Lipinski definition) is 3. The molecule has 0 fully saturated rings. The Balaban J connectivity index is 2.05. The fourth-order valence-corrected chi connectivity index (χ4v) is 2.28. The monoisotopic (exact) mass is 305 g/mol. The molecule has 2 unspecified atom stereocenters. The van der Waals surface area contributed by atoms with Crippen LogP contribution in [0, 0.1) is 0 Å². The molecule has 94 valence electrons. The number of nitrogens with zero attached hydrogens (tertiary/aromatic N) is 2. The molecule has 1 aromatic carbocycles. The summed E-state index contributed by atoms with van der Waals surface area (Å²) in [6, 6.07) is 8.76. The van der Waals surface area contributed by atoms with E-state index >= 15 is 0 Å². The predicted octanol–water partition coefficient (Wildman–Crippen LogP) is 3.65. The Hall–Kier alpha value is -1.26. The summed E-state index contributed by atoms with van der Waals surface area (Å²) in [6.45, 7) is 4.24. The van der Waals surface area contributed by atoms with E-state index in [1.54, 1.807) is 18.6 Å². The molecule has 2 atom stereocenters. The van der Waals surface area contributed by atoms with Gasteiger partial charge in [-0.05, 0) is 31.5 Å². The lowest BCUT2D eigenvalue weighted by Gasteiger charge is -2.20. The van der Waals surface area contributed by atoms with Gasteiger partial charge in [-0.1, -0.05) is 28.1 Å². The molecule has 0 bridgehead atoms. The van der Waals surface area contributed by atoms with Gasteiger partial charge in [-0.2, -0.15) is 0 Å². The zero-order chi connectivity index (χ0) is 13.0. The molecule has 0 aliphatic rings. The van der Waals surface area contributed by atoms with Crippen molar-refractivity contribution in [1.82, 2.24) is 15.3 Å². The van der Waals surface area contributed by atoms with Crippen LogP contribution in [-0.4, -0.2) is 9.97 Å². The highest BCUT2D eigenvalue weighted by atomic mass is 79.9. The van der Waals surface area contributed by atoms with Gasteiger partial charge in [0, 0.05) is 35.1 Å². The molecule has 4 heteroatoms. The number of benzene rings is 1. The second-order valence-electron chi connectivity index (χ2n) is 4.30. The second kappa shape index (κ2) is 6.07. The zero-order valence-electron chi connectivity index (χ0n) is 10.5. The summed E-state index contributed by atoms with van der Waals surface area (Å²) in [5, 5.41) is 3.52. The summed E-state index contributed by atoms with van der Waals surface area (Å²) in [5.41, 5.74) is 2.21. The van der Waals surface area contributed by atoms with Gasteiger partial charge in [-0.15, -0.1) is 0 Å². The van der Waals surface area contributed by atoms with Crippen LogP contribution in [0.3, 0.4) is 0 Å². The largest absolute Gasteiger partial charge is 0.302 e. The standard InChI is InChI=1S/C14H16BrN3/c1-10(12-4-3-5-13(15)8-12)18-11(2)14-9-16-6-7-17-14/h3-11,18H,1-2H3. The van der Waals surface area contributed by atoms with Crippen LogP contribution < -0.4 is 5.32 Å². The Morgan fingerprint density at radius 1 is 1.17 bits per heavy atom. The molecule has 2 rings (SSSR count). The first-order chi connectivity index (χ1) is 8.66. The van der Waals surface area contributed by atoms with Crippen molar-refractivity contribution in [2.24, 2.45) is 0 Å². The highest BCUT2D eigenvalue weighted by Crippen LogP contribution is 2.20. The summed E-state index contributed by atoms with van der Waals surface area (Å²) < 4.78 is 1.10. The van der Waals surface area contributed by atoms with Gasteiger partial charge < -0.3 is 5.32 Å². The molecule has 1 aromatic heterocycles. The fourth-order valence-electron chi connectivity index (χ4n) is 1.87. The zero-order valence-corrected chi connectivity index (χ0v) is 12.1. The molecule has 2 aromatic rings.